The van der Waals surface area contributed by atoms with Crippen LogP contribution in [0.15, 0.2) is 12.1 Å². The van der Waals surface area contributed by atoms with Crippen LogP contribution in [0.5, 0.6) is 0 Å². The third kappa shape index (κ3) is 5.53. The Kier molecular flexibility index (Phi) is 7.04. The van der Waals surface area contributed by atoms with E-state index in [9.17, 15) is 9.59 Å². The quantitative estimate of drug-likeness (QED) is 0.775. The molecule has 0 bridgehead atoms. The molecule has 7 nitrogen and oxygen atoms in total. The molecule has 7 heteroatoms. The minimum Gasteiger partial charge on any atom is -0.350 e. The molecule has 2 heterocycles. The summed E-state index contributed by atoms with van der Waals surface area (Å²) in [7, 11) is 0. The third-order valence-corrected chi connectivity index (χ3v) is 5.42. The molecule has 0 aromatic heterocycles. The molecule has 2 saturated heterocycles. The first-order valence-corrected chi connectivity index (χ1v) is 10.0. The predicted molar refractivity (Wildman–Crippen MR) is 107 cm³/mol. The topological polar surface area (TPSA) is 79.9 Å². The van der Waals surface area contributed by atoms with Crippen molar-refractivity contribution in [1.82, 2.24) is 10.2 Å². The maximum atomic E-state index is 12.2. The zero-order valence-electron chi connectivity index (χ0n) is 17.0. The van der Waals surface area contributed by atoms with E-state index in [1.807, 2.05) is 32.9 Å². The number of nitrogens with one attached hydrogen (secondary N) is 2. The summed E-state index contributed by atoms with van der Waals surface area (Å²) in [5.41, 5.74) is 4.03. The Morgan fingerprint density at radius 3 is 2.25 bits per heavy atom. The first-order valence-electron chi connectivity index (χ1n) is 10.0. The maximum Gasteiger partial charge on any atom is 0.243 e. The van der Waals surface area contributed by atoms with Gasteiger partial charge in [0.25, 0.3) is 0 Å². The van der Waals surface area contributed by atoms with Crippen LogP contribution in [0.2, 0.25) is 0 Å². The van der Waals surface area contributed by atoms with E-state index in [-0.39, 0.29) is 24.6 Å². The van der Waals surface area contributed by atoms with E-state index in [1.165, 1.54) is 0 Å². The molecular weight excluding hydrogens is 358 g/mol. The highest BCUT2D eigenvalue weighted by atomic mass is 16.7. The number of carbonyl (C=O) groups is 2. The van der Waals surface area contributed by atoms with Crippen LogP contribution < -0.4 is 10.6 Å². The molecule has 2 aliphatic rings. The molecule has 2 N–H and O–H groups in total. The van der Waals surface area contributed by atoms with Crippen LogP contribution in [0.3, 0.4) is 0 Å². The van der Waals surface area contributed by atoms with Crippen molar-refractivity contribution in [2.75, 3.05) is 44.7 Å². The van der Waals surface area contributed by atoms with Crippen molar-refractivity contribution in [3.8, 4) is 0 Å². The van der Waals surface area contributed by atoms with Gasteiger partial charge in [-0.05, 0) is 57.8 Å². The highest BCUT2D eigenvalue weighted by Crippen LogP contribution is 2.25. The summed E-state index contributed by atoms with van der Waals surface area (Å²) in [5, 5.41) is 5.63. The van der Waals surface area contributed by atoms with E-state index in [1.54, 1.807) is 0 Å². The van der Waals surface area contributed by atoms with Gasteiger partial charge in [-0.3, -0.25) is 14.5 Å². The van der Waals surface area contributed by atoms with Crippen LogP contribution in [-0.4, -0.2) is 62.4 Å². The van der Waals surface area contributed by atoms with Crippen LogP contribution in [0.4, 0.5) is 5.69 Å². The van der Waals surface area contributed by atoms with E-state index < -0.39 is 0 Å². The number of benzene rings is 1. The number of piperidine rings is 1. The SMILES string of the molecule is Cc1cc(C)c(NC(=O)CNC(=O)CN2CCC(C3OCCO3)CC2)c(C)c1. The second kappa shape index (κ2) is 9.49. The lowest BCUT2D eigenvalue weighted by molar-refractivity contribution is -0.126. The molecule has 2 amide bonds. The van der Waals surface area contributed by atoms with Gasteiger partial charge in [0.05, 0.1) is 26.3 Å². The Bertz CT molecular complexity index is 685. The molecule has 0 aliphatic carbocycles. The van der Waals surface area contributed by atoms with Gasteiger partial charge in [-0.2, -0.15) is 0 Å². The Labute approximate surface area is 166 Å². The molecule has 28 heavy (non-hydrogen) atoms. The van der Waals surface area contributed by atoms with Crippen LogP contribution in [0.1, 0.15) is 29.5 Å². The lowest BCUT2D eigenvalue weighted by atomic mass is 9.96. The van der Waals surface area contributed by atoms with Crippen molar-refractivity contribution in [2.45, 2.75) is 39.9 Å². The predicted octanol–water partition coefficient (Wildman–Crippen LogP) is 1.75. The van der Waals surface area contributed by atoms with Crippen LogP contribution in [0.25, 0.3) is 0 Å². The number of rotatable bonds is 6. The second-order valence-electron chi connectivity index (χ2n) is 7.82. The molecule has 0 saturated carbocycles. The molecule has 1 aromatic carbocycles. The van der Waals surface area contributed by atoms with E-state index in [0.29, 0.717) is 25.7 Å². The summed E-state index contributed by atoms with van der Waals surface area (Å²) < 4.78 is 11.2. The lowest BCUT2D eigenvalue weighted by Gasteiger charge is -2.33. The average Bonchev–Trinajstić information content (AvgIpc) is 3.18. The van der Waals surface area contributed by atoms with Crippen LogP contribution in [0, 0.1) is 26.7 Å². The van der Waals surface area contributed by atoms with Gasteiger partial charge < -0.3 is 20.1 Å². The van der Waals surface area contributed by atoms with Gasteiger partial charge >= 0.3 is 0 Å². The Hall–Kier alpha value is -1.96. The summed E-state index contributed by atoms with van der Waals surface area (Å²) in [6.07, 6.45) is 1.85. The zero-order chi connectivity index (χ0) is 20.1. The van der Waals surface area contributed by atoms with Gasteiger partial charge in [-0.25, -0.2) is 0 Å². The standard InChI is InChI=1S/C21H31N3O4/c1-14-10-15(2)20(16(3)11-14)23-18(25)12-22-19(26)13-24-6-4-17(5-7-24)21-27-8-9-28-21/h10-11,17,21H,4-9,12-13H2,1-3H3,(H,22,26)(H,23,25). The highest BCUT2D eigenvalue weighted by molar-refractivity contribution is 5.96. The van der Waals surface area contributed by atoms with Gasteiger partial charge in [0.2, 0.25) is 11.8 Å². The number of nitrogens with zero attached hydrogens (tertiary/aromatic N) is 1. The fourth-order valence-corrected chi connectivity index (χ4v) is 4.03. The average molecular weight is 389 g/mol. The molecule has 2 fully saturated rings. The van der Waals surface area contributed by atoms with E-state index >= 15 is 0 Å². The summed E-state index contributed by atoms with van der Waals surface area (Å²) in [5.74, 6) is 0.0746. The smallest absolute Gasteiger partial charge is 0.243 e. The summed E-state index contributed by atoms with van der Waals surface area (Å²) in [6, 6.07) is 4.07. The number of hydrogen-bond acceptors (Lipinski definition) is 5. The van der Waals surface area contributed by atoms with Crippen molar-refractivity contribution in [1.29, 1.82) is 0 Å². The number of likely N-dealkylation sites (tertiary alicyclic amines) is 1. The monoisotopic (exact) mass is 389 g/mol. The molecule has 0 atom stereocenters. The van der Waals surface area contributed by atoms with Crippen LogP contribution >= 0.6 is 0 Å². The minimum atomic E-state index is -0.211. The van der Waals surface area contributed by atoms with Crippen molar-refractivity contribution in [3.05, 3.63) is 28.8 Å². The fraction of sp³-hybridized carbons (Fsp3) is 0.619. The minimum absolute atomic E-state index is 0.0220. The molecule has 154 valence electrons. The van der Waals surface area contributed by atoms with E-state index in [2.05, 4.69) is 15.5 Å². The number of carbonyl (C=O) groups excluding carboxylic acids is 2. The molecule has 0 spiro atoms. The highest BCUT2D eigenvalue weighted by Gasteiger charge is 2.30. The van der Waals surface area contributed by atoms with Gasteiger partial charge in [-0.15, -0.1) is 0 Å². The lowest BCUT2D eigenvalue weighted by Crippen LogP contribution is -2.44. The molecule has 1 aromatic rings. The normalized spacial score (nSPS) is 19.0. The largest absolute Gasteiger partial charge is 0.350 e. The maximum absolute atomic E-state index is 12.2. The first kappa shape index (κ1) is 20.8. The summed E-state index contributed by atoms with van der Waals surface area (Å²) in [4.78, 5) is 26.5. The number of hydrogen-bond donors (Lipinski definition) is 2. The van der Waals surface area contributed by atoms with E-state index in [0.717, 1.165) is 48.3 Å². The van der Waals surface area contributed by atoms with Crippen molar-refractivity contribution >= 4 is 17.5 Å². The molecule has 3 rings (SSSR count). The van der Waals surface area contributed by atoms with Crippen LogP contribution in [-0.2, 0) is 19.1 Å². The van der Waals surface area contributed by atoms with Gasteiger partial charge in [0.1, 0.15) is 0 Å². The van der Waals surface area contributed by atoms with Crippen molar-refractivity contribution in [2.24, 2.45) is 5.92 Å². The second-order valence-corrected chi connectivity index (χ2v) is 7.82. The summed E-state index contributed by atoms with van der Waals surface area (Å²) in [6.45, 7) is 9.31. The number of anilines is 1. The van der Waals surface area contributed by atoms with Crippen molar-refractivity contribution in [3.63, 3.8) is 0 Å². The molecule has 2 aliphatic heterocycles. The van der Waals surface area contributed by atoms with Gasteiger partial charge in [-0.1, -0.05) is 17.7 Å². The molecular formula is C21H31N3O4. The Balaban J connectivity index is 1.38. The number of amides is 2. The zero-order valence-corrected chi connectivity index (χ0v) is 17.0. The third-order valence-electron chi connectivity index (χ3n) is 5.42. The number of ether oxygens (including phenoxy) is 2. The number of aryl methyl sites for hydroxylation is 3. The fourth-order valence-electron chi connectivity index (χ4n) is 4.03. The van der Waals surface area contributed by atoms with Gasteiger partial charge in [0, 0.05) is 11.6 Å². The Morgan fingerprint density at radius 1 is 1.04 bits per heavy atom. The van der Waals surface area contributed by atoms with E-state index in [4.69, 9.17) is 9.47 Å². The van der Waals surface area contributed by atoms with Gasteiger partial charge in [0.15, 0.2) is 6.29 Å². The first-order chi connectivity index (χ1) is 13.4. The molecule has 0 radical (unpaired) electrons. The summed E-state index contributed by atoms with van der Waals surface area (Å²) >= 11 is 0. The van der Waals surface area contributed by atoms with Crippen molar-refractivity contribution < 1.29 is 19.1 Å². The Morgan fingerprint density at radius 2 is 1.64 bits per heavy atom. The molecule has 0 unspecified atom stereocenters.